The van der Waals surface area contributed by atoms with E-state index in [1.165, 1.54) is 18.6 Å². The number of anilines is 5. The fourth-order valence-corrected chi connectivity index (χ4v) is 7.28. The quantitative estimate of drug-likeness (QED) is 0.256. The van der Waals surface area contributed by atoms with E-state index >= 15 is 0 Å². The van der Waals surface area contributed by atoms with E-state index in [0.29, 0.717) is 0 Å². The molecule has 1 fully saturated rings. The number of benzene rings is 3. The summed E-state index contributed by atoms with van der Waals surface area (Å²) in [6.45, 7) is 1.95. The number of rotatable bonds is 6. The predicted octanol–water partition coefficient (Wildman–Crippen LogP) is 5.70. The van der Waals surface area contributed by atoms with Crippen molar-refractivity contribution in [2.75, 3.05) is 25.0 Å². The highest BCUT2D eigenvalue weighted by Crippen LogP contribution is 2.40. The summed E-state index contributed by atoms with van der Waals surface area (Å²) >= 11 is 1.43. The van der Waals surface area contributed by atoms with E-state index in [-0.39, 0.29) is 10.9 Å². The lowest BCUT2D eigenvalue weighted by Crippen LogP contribution is -2.64. The van der Waals surface area contributed by atoms with Crippen LogP contribution in [0.1, 0.15) is 37.7 Å². The summed E-state index contributed by atoms with van der Waals surface area (Å²) in [4.78, 5) is 2.57. The smallest absolute Gasteiger partial charge is 0.242 e. The van der Waals surface area contributed by atoms with Gasteiger partial charge in [-0.05, 0) is 62.2 Å². The molecule has 2 atom stereocenters. The van der Waals surface area contributed by atoms with E-state index < -0.39 is 22.4 Å². The molecule has 1 aliphatic carbocycles. The van der Waals surface area contributed by atoms with Gasteiger partial charge < -0.3 is 25.0 Å². The Morgan fingerprint density at radius 3 is 2.46 bits per heavy atom. The molecule has 37 heavy (non-hydrogen) atoms. The number of nitrogens with zero attached hydrogens (tertiary/aromatic N) is 1. The Balaban J connectivity index is 1.40. The van der Waals surface area contributed by atoms with Gasteiger partial charge in [0.15, 0.2) is 0 Å². The zero-order valence-corrected chi connectivity index (χ0v) is 22.3. The van der Waals surface area contributed by atoms with Crippen molar-refractivity contribution in [1.29, 1.82) is 0 Å². The van der Waals surface area contributed by atoms with Crippen LogP contribution in [0.4, 0.5) is 28.4 Å². The Kier molecular flexibility index (Phi) is 6.56. The number of sulfonamides is 1. The van der Waals surface area contributed by atoms with Crippen LogP contribution in [0.5, 0.6) is 0 Å². The molecular weight excluding hydrogens is 504 g/mol. The highest BCUT2D eigenvalue weighted by Gasteiger charge is 2.40. The lowest BCUT2D eigenvalue weighted by atomic mass is 9.92. The van der Waals surface area contributed by atoms with Gasteiger partial charge in [0.25, 0.3) is 0 Å². The molecule has 2 unspecified atom stereocenters. The number of nitrogens with one attached hydrogen (secondary N) is 5. The van der Waals surface area contributed by atoms with Crippen LogP contribution >= 0.6 is 12.1 Å². The van der Waals surface area contributed by atoms with Gasteiger partial charge in [-0.1, -0.05) is 49.1 Å². The first-order valence-corrected chi connectivity index (χ1v) is 15.1. The first-order valence-electron chi connectivity index (χ1n) is 12.8. The lowest BCUT2D eigenvalue weighted by Gasteiger charge is -2.49. The molecule has 8 nitrogen and oxygen atoms in total. The number of fused-ring (bicyclic) bond motifs is 2. The van der Waals surface area contributed by atoms with Crippen LogP contribution in [-0.4, -0.2) is 26.8 Å². The standard InChI is InChI=1S/C27H32N6O2S2/c1-18-11-14-21(15-12-18)37(34,35)32-27-26(28-19-13-16-22-24(17-19)31-36-30-22)29-23-9-5-6-10-25(23)33(27)20-7-3-2-4-8-20/h5-6,9-17,20,26-32H,2-4,7-8H2,1H3. The van der Waals surface area contributed by atoms with Gasteiger partial charge >= 0.3 is 0 Å². The maximum Gasteiger partial charge on any atom is 0.242 e. The molecule has 1 saturated carbocycles. The second-order valence-electron chi connectivity index (χ2n) is 9.93. The second kappa shape index (κ2) is 10.00. The SMILES string of the molecule is Cc1ccc(S(=O)(=O)NC2C(Nc3ccc4c(c3)NSN4)Nc3ccccc3N2C2CCCCC2)cc1. The highest BCUT2D eigenvalue weighted by molar-refractivity contribution is 8.02. The molecule has 0 spiro atoms. The monoisotopic (exact) mass is 536 g/mol. The predicted molar refractivity (Wildman–Crippen MR) is 153 cm³/mol. The van der Waals surface area contributed by atoms with E-state index in [1.807, 2.05) is 49.4 Å². The van der Waals surface area contributed by atoms with Crippen LogP contribution in [-0.2, 0) is 10.0 Å². The van der Waals surface area contributed by atoms with E-state index in [0.717, 1.165) is 59.7 Å². The van der Waals surface area contributed by atoms with E-state index in [4.69, 9.17) is 0 Å². The second-order valence-corrected chi connectivity index (χ2v) is 12.3. The van der Waals surface area contributed by atoms with Crippen LogP contribution in [0.2, 0.25) is 0 Å². The fourth-order valence-electron chi connectivity index (χ4n) is 5.47. The topological polar surface area (TPSA) is 97.5 Å². The summed E-state index contributed by atoms with van der Waals surface area (Å²) < 4.78 is 36.9. The number of hydrogen-bond donors (Lipinski definition) is 5. The van der Waals surface area contributed by atoms with Crippen molar-refractivity contribution >= 4 is 50.6 Å². The van der Waals surface area contributed by atoms with Gasteiger partial charge in [-0.2, -0.15) is 4.72 Å². The Bertz CT molecular complexity index is 1380. The summed E-state index contributed by atoms with van der Waals surface area (Å²) in [6.07, 6.45) is 4.64. The van der Waals surface area contributed by atoms with Gasteiger partial charge in [0.2, 0.25) is 10.0 Å². The average Bonchev–Trinajstić information content (AvgIpc) is 3.38. The minimum absolute atomic E-state index is 0.245. The Morgan fingerprint density at radius 2 is 1.65 bits per heavy atom. The molecular formula is C27H32N6O2S2. The first-order chi connectivity index (χ1) is 18.0. The normalized spacial score (nSPS) is 21.3. The lowest BCUT2D eigenvalue weighted by molar-refractivity contribution is 0.362. The van der Waals surface area contributed by atoms with Crippen molar-refractivity contribution in [3.05, 3.63) is 72.3 Å². The summed E-state index contributed by atoms with van der Waals surface area (Å²) in [6, 6.07) is 21.5. The number of hydrogen-bond acceptors (Lipinski definition) is 8. The average molecular weight is 537 g/mol. The van der Waals surface area contributed by atoms with E-state index in [2.05, 4.69) is 41.8 Å². The van der Waals surface area contributed by atoms with Gasteiger partial charge in [-0.15, -0.1) is 0 Å². The molecule has 3 aliphatic rings. The van der Waals surface area contributed by atoms with Gasteiger partial charge in [0.1, 0.15) is 12.3 Å². The zero-order chi connectivity index (χ0) is 25.4. The molecule has 194 valence electrons. The molecule has 2 aliphatic heterocycles. The van der Waals surface area contributed by atoms with E-state index in [1.54, 1.807) is 12.1 Å². The molecule has 10 heteroatoms. The molecule has 2 heterocycles. The van der Waals surface area contributed by atoms with Gasteiger partial charge in [-0.3, -0.25) is 0 Å². The van der Waals surface area contributed by atoms with Crippen molar-refractivity contribution in [2.45, 2.75) is 62.3 Å². The summed E-state index contributed by atoms with van der Waals surface area (Å²) in [5.41, 5.74) is 5.96. The fraction of sp³-hybridized carbons (Fsp3) is 0.333. The molecule has 0 bridgehead atoms. The van der Waals surface area contributed by atoms with Crippen molar-refractivity contribution in [3.63, 3.8) is 0 Å². The minimum Gasteiger partial charge on any atom is -0.362 e. The molecule has 0 saturated heterocycles. The highest BCUT2D eigenvalue weighted by atomic mass is 32.2. The van der Waals surface area contributed by atoms with Crippen LogP contribution in [0, 0.1) is 6.92 Å². The molecule has 0 aromatic heterocycles. The van der Waals surface area contributed by atoms with Gasteiger partial charge in [0, 0.05) is 11.7 Å². The summed E-state index contributed by atoms with van der Waals surface area (Å²) in [7, 11) is -3.78. The Labute approximate surface area is 222 Å². The third kappa shape index (κ3) is 4.93. The third-order valence-corrected chi connectivity index (χ3v) is 9.44. The molecule has 3 aromatic carbocycles. The minimum atomic E-state index is -3.78. The largest absolute Gasteiger partial charge is 0.362 e. The number of para-hydroxylation sites is 2. The maximum absolute atomic E-state index is 13.7. The Morgan fingerprint density at radius 1 is 0.892 bits per heavy atom. The van der Waals surface area contributed by atoms with Crippen molar-refractivity contribution in [3.8, 4) is 0 Å². The van der Waals surface area contributed by atoms with Crippen LogP contribution in [0.15, 0.2) is 71.6 Å². The van der Waals surface area contributed by atoms with Crippen molar-refractivity contribution in [1.82, 2.24) is 4.72 Å². The number of aryl methyl sites for hydroxylation is 1. The molecule has 3 aromatic rings. The summed E-state index contributed by atoms with van der Waals surface area (Å²) in [5, 5.41) is 7.19. The van der Waals surface area contributed by atoms with Crippen LogP contribution < -0.4 is 29.7 Å². The van der Waals surface area contributed by atoms with E-state index in [9.17, 15) is 8.42 Å². The first kappa shape index (κ1) is 24.3. The Hall–Kier alpha value is -3.08. The van der Waals surface area contributed by atoms with Crippen molar-refractivity contribution in [2.24, 2.45) is 0 Å². The van der Waals surface area contributed by atoms with Gasteiger partial charge in [0.05, 0.1) is 39.8 Å². The molecule has 0 radical (unpaired) electrons. The maximum atomic E-state index is 13.7. The third-order valence-electron chi connectivity index (χ3n) is 7.35. The van der Waals surface area contributed by atoms with Crippen molar-refractivity contribution < 1.29 is 8.42 Å². The van der Waals surface area contributed by atoms with Crippen LogP contribution in [0.3, 0.4) is 0 Å². The molecule has 5 N–H and O–H groups in total. The molecule has 0 amide bonds. The zero-order valence-electron chi connectivity index (χ0n) is 20.7. The summed E-state index contributed by atoms with van der Waals surface area (Å²) in [5.74, 6) is 0. The van der Waals surface area contributed by atoms with Gasteiger partial charge in [-0.25, -0.2) is 8.42 Å². The molecule has 6 rings (SSSR count). The van der Waals surface area contributed by atoms with Crippen LogP contribution in [0.25, 0.3) is 0 Å².